The van der Waals surface area contributed by atoms with Crippen molar-refractivity contribution in [2.45, 2.75) is 19.4 Å². The third kappa shape index (κ3) is 0.965. The fourth-order valence-electron chi connectivity index (χ4n) is 0.706. The summed E-state index contributed by atoms with van der Waals surface area (Å²) in [5.41, 5.74) is -0.237. The minimum atomic E-state index is -0.237. The van der Waals surface area contributed by atoms with Gasteiger partial charge in [0.15, 0.2) is 0 Å². The molecule has 0 radical (unpaired) electrons. The van der Waals surface area contributed by atoms with Crippen molar-refractivity contribution in [2.24, 2.45) is 0 Å². The third-order valence-corrected chi connectivity index (χ3v) is 1.99. The molecule has 9 heavy (non-hydrogen) atoms. The van der Waals surface area contributed by atoms with Crippen molar-refractivity contribution in [3.8, 4) is 0 Å². The first-order chi connectivity index (χ1) is 4.04. The van der Waals surface area contributed by atoms with E-state index in [0.29, 0.717) is 6.54 Å². The van der Waals surface area contributed by atoms with Crippen LogP contribution in [0.25, 0.3) is 0 Å². The maximum absolute atomic E-state index is 10.7. The molecular formula is C5H9ClN2O. The summed E-state index contributed by atoms with van der Waals surface area (Å²) in [6.07, 6.45) is 0. The van der Waals surface area contributed by atoms with E-state index in [1.165, 1.54) is 4.42 Å². The van der Waals surface area contributed by atoms with Crippen LogP contribution in [0.2, 0.25) is 0 Å². The van der Waals surface area contributed by atoms with Crippen molar-refractivity contribution in [1.29, 1.82) is 0 Å². The van der Waals surface area contributed by atoms with Crippen LogP contribution in [0, 0.1) is 0 Å². The summed E-state index contributed by atoms with van der Waals surface area (Å²) in [6.45, 7) is 4.42. The molecule has 1 heterocycles. The number of nitrogens with one attached hydrogen (secondary N) is 1. The van der Waals surface area contributed by atoms with E-state index >= 15 is 0 Å². The van der Waals surface area contributed by atoms with Crippen molar-refractivity contribution < 1.29 is 4.79 Å². The van der Waals surface area contributed by atoms with Crippen LogP contribution >= 0.6 is 11.8 Å². The van der Waals surface area contributed by atoms with Crippen molar-refractivity contribution in [3.05, 3.63) is 0 Å². The molecule has 52 valence electrons. The van der Waals surface area contributed by atoms with E-state index in [-0.39, 0.29) is 11.6 Å². The predicted octanol–water partition coefficient (Wildman–Crippen LogP) is 0.944. The number of hydrogen-bond donors (Lipinski definition) is 1. The minimum Gasteiger partial charge on any atom is -0.335 e. The van der Waals surface area contributed by atoms with Gasteiger partial charge < -0.3 is 5.32 Å². The number of carbonyl (C=O) groups is 1. The number of hydrogen-bond acceptors (Lipinski definition) is 1. The Bertz CT molecular complexity index is 146. The average molecular weight is 149 g/mol. The first-order valence-electron chi connectivity index (χ1n) is 2.78. The molecule has 3 nitrogen and oxygen atoms in total. The highest BCUT2D eigenvalue weighted by Gasteiger charge is 2.36. The highest BCUT2D eigenvalue weighted by molar-refractivity contribution is 6.22. The van der Waals surface area contributed by atoms with Gasteiger partial charge in [-0.15, -0.1) is 0 Å². The van der Waals surface area contributed by atoms with Gasteiger partial charge in [-0.1, -0.05) is 0 Å². The Kier molecular flexibility index (Phi) is 1.31. The van der Waals surface area contributed by atoms with E-state index in [0.717, 1.165) is 0 Å². The van der Waals surface area contributed by atoms with Crippen LogP contribution in [-0.2, 0) is 0 Å². The molecule has 0 aromatic heterocycles. The van der Waals surface area contributed by atoms with E-state index in [1.807, 2.05) is 13.8 Å². The van der Waals surface area contributed by atoms with Crippen LogP contribution in [0.15, 0.2) is 0 Å². The van der Waals surface area contributed by atoms with Crippen molar-refractivity contribution in [3.63, 3.8) is 0 Å². The average Bonchev–Trinajstić information content (AvgIpc) is 1.97. The fourth-order valence-corrected chi connectivity index (χ4v) is 0.825. The fraction of sp³-hybridized carbons (Fsp3) is 0.800. The lowest BCUT2D eigenvalue weighted by atomic mass is 10.1. The van der Waals surface area contributed by atoms with Crippen LogP contribution in [-0.4, -0.2) is 22.5 Å². The normalized spacial score (nSPS) is 24.3. The molecule has 1 N–H and O–H groups in total. The number of halogens is 1. The SMILES string of the molecule is CC1(C)CNC(=O)N1Cl. The molecule has 0 aromatic carbocycles. The lowest BCUT2D eigenvalue weighted by molar-refractivity contribution is 0.223. The molecule has 1 aliphatic rings. The van der Waals surface area contributed by atoms with E-state index in [2.05, 4.69) is 5.32 Å². The van der Waals surface area contributed by atoms with E-state index in [4.69, 9.17) is 11.8 Å². The van der Waals surface area contributed by atoms with Crippen molar-refractivity contribution in [1.82, 2.24) is 9.74 Å². The van der Waals surface area contributed by atoms with Gasteiger partial charge in [0, 0.05) is 18.3 Å². The molecule has 1 rings (SSSR count). The molecule has 4 heteroatoms. The Morgan fingerprint density at radius 3 is 2.44 bits per heavy atom. The summed E-state index contributed by atoms with van der Waals surface area (Å²) in [6, 6.07) is -0.207. The maximum atomic E-state index is 10.7. The largest absolute Gasteiger partial charge is 0.335 e. The van der Waals surface area contributed by atoms with E-state index in [9.17, 15) is 4.79 Å². The molecule has 2 amide bonds. The molecular weight excluding hydrogens is 140 g/mol. The number of amides is 2. The Labute approximate surface area is 59.1 Å². The lowest BCUT2D eigenvalue weighted by Crippen LogP contribution is -2.34. The highest BCUT2D eigenvalue weighted by atomic mass is 35.5. The summed E-state index contributed by atoms with van der Waals surface area (Å²) >= 11 is 5.58. The van der Waals surface area contributed by atoms with Crippen LogP contribution in [0.5, 0.6) is 0 Å². The van der Waals surface area contributed by atoms with Gasteiger partial charge in [-0.25, -0.2) is 9.21 Å². The molecule has 0 aliphatic carbocycles. The maximum Gasteiger partial charge on any atom is 0.332 e. The van der Waals surface area contributed by atoms with Gasteiger partial charge in [0.05, 0.1) is 5.54 Å². The molecule has 0 bridgehead atoms. The highest BCUT2D eigenvalue weighted by Crippen LogP contribution is 2.20. The van der Waals surface area contributed by atoms with Gasteiger partial charge in [0.2, 0.25) is 0 Å². The second-order valence-corrected chi connectivity index (χ2v) is 3.09. The lowest BCUT2D eigenvalue weighted by Gasteiger charge is -2.21. The van der Waals surface area contributed by atoms with Crippen LogP contribution < -0.4 is 5.32 Å². The topological polar surface area (TPSA) is 32.3 Å². The van der Waals surface area contributed by atoms with E-state index in [1.54, 1.807) is 0 Å². The minimum absolute atomic E-state index is 0.207. The second kappa shape index (κ2) is 1.77. The summed E-state index contributed by atoms with van der Waals surface area (Å²) < 4.78 is 1.19. The monoisotopic (exact) mass is 148 g/mol. The van der Waals surface area contributed by atoms with Crippen molar-refractivity contribution in [2.75, 3.05) is 6.54 Å². The molecule has 0 atom stereocenters. The first-order valence-corrected chi connectivity index (χ1v) is 3.12. The number of carbonyl (C=O) groups excluding carboxylic acids is 1. The molecule has 1 saturated heterocycles. The molecule has 0 unspecified atom stereocenters. The summed E-state index contributed by atoms with van der Waals surface area (Å²) in [5.74, 6) is 0. The van der Waals surface area contributed by atoms with Gasteiger partial charge >= 0.3 is 6.03 Å². The molecule has 1 aliphatic heterocycles. The Morgan fingerprint density at radius 2 is 2.33 bits per heavy atom. The van der Waals surface area contributed by atoms with Crippen LogP contribution in [0.1, 0.15) is 13.8 Å². The van der Waals surface area contributed by atoms with E-state index < -0.39 is 0 Å². The number of nitrogens with zero attached hydrogens (tertiary/aromatic N) is 1. The molecule has 0 aromatic rings. The standard InChI is InChI=1S/C5H9ClN2O/c1-5(2)3-7-4(9)8(5)6/h3H2,1-2H3,(H,7,9). The summed E-state index contributed by atoms with van der Waals surface area (Å²) in [5, 5.41) is 2.61. The second-order valence-electron chi connectivity index (χ2n) is 2.75. The van der Waals surface area contributed by atoms with Gasteiger partial charge in [-0.05, 0) is 13.8 Å². The quantitative estimate of drug-likeness (QED) is 0.510. The zero-order chi connectivity index (χ0) is 7.07. The molecule has 0 spiro atoms. The van der Waals surface area contributed by atoms with Gasteiger partial charge in [-0.3, -0.25) is 0 Å². The smallest absolute Gasteiger partial charge is 0.332 e. The number of urea groups is 1. The summed E-state index contributed by atoms with van der Waals surface area (Å²) in [7, 11) is 0. The summed E-state index contributed by atoms with van der Waals surface area (Å²) in [4.78, 5) is 10.7. The predicted molar refractivity (Wildman–Crippen MR) is 35.2 cm³/mol. The Hall–Kier alpha value is -0.440. The number of rotatable bonds is 0. The molecule has 1 fully saturated rings. The van der Waals surface area contributed by atoms with Gasteiger partial charge in [0.1, 0.15) is 0 Å². The zero-order valence-electron chi connectivity index (χ0n) is 5.44. The van der Waals surface area contributed by atoms with Crippen LogP contribution in [0.3, 0.4) is 0 Å². The first kappa shape index (κ1) is 6.68. The molecule has 0 saturated carbocycles. The van der Waals surface area contributed by atoms with Gasteiger partial charge in [0.25, 0.3) is 0 Å². The van der Waals surface area contributed by atoms with Gasteiger partial charge in [-0.2, -0.15) is 0 Å². The zero-order valence-corrected chi connectivity index (χ0v) is 6.20. The van der Waals surface area contributed by atoms with Crippen molar-refractivity contribution >= 4 is 17.8 Å². The third-order valence-electron chi connectivity index (χ3n) is 1.38. The van der Waals surface area contributed by atoms with Crippen LogP contribution in [0.4, 0.5) is 4.79 Å². The Balaban J connectivity index is 2.73. The Morgan fingerprint density at radius 1 is 1.78 bits per heavy atom.